The summed E-state index contributed by atoms with van der Waals surface area (Å²) in [7, 11) is 0. The molecule has 2 atom stereocenters. The third-order valence-corrected chi connectivity index (χ3v) is 8.89. The Hall–Kier alpha value is -2.30. The molecule has 4 aliphatic rings. The molecule has 0 aromatic carbocycles. The molecule has 8 bridgehead atoms. The number of nitrogens with zero attached hydrogens (tertiary/aromatic N) is 4. The van der Waals surface area contributed by atoms with Crippen LogP contribution in [-0.4, -0.2) is 29.7 Å². The number of fused-ring (bicyclic) bond motifs is 5. The summed E-state index contributed by atoms with van der Waals surface area (Å²) in [5.41, 5.74) is 9.19. The molecule has 5 heterocycles. The summed E-state index contributed by atoms with van der Waals surface area (Å²) in [5.74, 6) is -1.78. The molecule has 0 spiro atoms. The van der Waals surface area contributed by atoms with Crippen LogP contribution in [0.2, 0.25) is 0 Å². The average Bonchev–Trinajstić information content (AvgIpc) is 3.64. The van der Waals surface area contributed by atoms with E-state index in [9.17, 15) is 15.0 Å². The molecule has 8 nitrogen and oxygen atoms in total. The number of allylic oxidation sites excluding steroid dienone is 9. The molecule has 0 amide bonds. The van der Waals surface area contributed by atoms with Gasteiger partial charge in [0.15, 0.2) is 0 Å². The average molecular weight is 680 g/mol. The molecule has 0 aliphatic carbocycles. The molecule has 1 radical (unpaired) electrons. The molecule has 0 unspecified atom stereocenters. The molecule has 1 aromatic heterocycles. The number of rotatable bonds is 6. The fraction of sp³-hybridized carbons (Fsp3) is 0.371. The second kappa shape index (κ2) is 15.1. The van der Waals surface area contributed by atoms with Gasteiger partial charge in [0.25, 0.3) is 0 Å². The van der Waals surface area contributed by atoms with Gasteiger partial charge < -0.3 is 19.9 Å². The van der Waals surface area contributed by atoms with Crippen LogP contribution in [0.3, 0.4) is 0 Å². The predicted octanol–water partition coefficient (Wildman–Crippen LogP) is -0.0833. The van der Waals surface area contributed by atoms with Crippen LogP contribution in [-0.2, 0) is 33.0 Å². The van der Waals surface area contributed by atoms with Gasteiger partial charge in [-0.2, -0.15) is 5.95 Å². The van der Waals surface area contributed by atoms with Crippen molar-refractivity contribution in [3.63, 3.8) is 0 Å². The Kier molecular flexibility index (Phi) is 12.4. The largest absolute Gasteiger partial charge is 2.00 e. The number of aromatic nitrogens is 1. The smallest absolute Gasteiger partial charge is 0.883 e. The van der Waals surface area contributed by atoms with Gasteiger partial charge in [-0.15, -0.1) is 10.7 Å². The minimum Gasteiger partial charge on any atom is -0.883 e. The minimum absolute atomic E-state index is 0. The molecule has 5 rings (SSSR count). The number of ether oxygens (including phenoxy) is 1. The fourth-order valence-corrected chi connectivity index (χ4v) is 6.38. The normalized spacial score (nSPS) is 20.4. The van der Waals surface area contributed by atoms with Crippen LogP contribution in [0.4, 0.5) is 0 Å². The van der Waals surface area contributed by atoms with Gasteiger partial charge in [-0.25, -0.2) is 9.98 Å². The zero-order chi connectivity index (χ0) is 31.2. The van der Waals surface area contributed by atoms with E-state index in [4.69, 9.17) is 24.7 Å². The number of hydrogen-bond acceptors (Lipinski definition) is 7. The minimum atomic E-state index is -1.29. The Morgan fingerprint density at radius 1 is 1.02 bits per heavy atom. The van der Waals surface area contributed by atoms with Gasteiger partial charge in [0.2, 0.25) is 0 Å². The van der Waals surface area contributed by atoms with Gasteiger partial charge in [-0.1, -0.05) is 49.8 Å². The summed E-state index contributed by atoms with van der Waals surface area (Å²) in [6.07, 6.45) is 9.13. The molecule has 0 saturated heterocycles. The quantitative estimate of drug-likeness (QED) is 0.237. The first kappa shape index (κ1) is 37.2. The Bertz CT molecular complexity index is 1830. The van der Waals surface area contributed by atoms with E-state index >= 15 is 0 Å². The Morgan fingerprint density at radius 2 is 1.73 bits per heavy atom. The van der Waals surface area contributed by atoms with Crippen LogP contribution in [0, 0.1) is 18.8 Å². The maximum Gasteiger partial charge on any atom is 2.00 e. The second-order valence-corrected chi connectivity index (χ2v) is 11.3. The molecular formula is C35H37CuKN4O4. The van der Waals surface area contributed by atoms with Crippen molar-refractivity contribution in [2.24, 2.45) is 26.8 Å². The number of aliphatic imine (C=N–C) groups is 3. The molecule has 0 N–H and O–H groups in total. The van der Waals surface area contributed by atoms with Crippen molar-refractivity contribution in [2.75, 3.05) is 6.61 Å². The third-order valence-electron chi connectivity index (χ3n) is 8.89. The maximum atomic E-state index is 12.5. The summed E-state index contributed by atoms with van der Waals surface area (Å²) in [4.78, 5) is 32.2. The summed E-state index contributed by atoms with van der Waals surface area (Å²) in [5, 5.41) is 26.6. The molecule has 1 aromatic rings. The SMILES string of the molecule is C=CC1=C(C)C2=CC3=NC(=C(C)C4=NC(=C(C)C4=C([O-])[O-])C=c4[n-]c(c(C)c4CC)=CC1=N2)[C@@H](CCC(=O)OCC)[C@@H]3C.[Cu+2].[K+]. The van der Waals surface area contributed by atoms with Crippen molar-refractivity contribution >= 4 is 35.3 Å². The van der Waals surface area contributed by atoms with Crippen molar-refractivity contribution in [2.45, 2.75) is 67.7 Å². The Labute approximate surface area is 317 Å². The van der Waals surface area contributed by atoms with Crippen LogP contribution in [0.1, 0.15) is 65.5 Å². The van der Waals surface area contributed by atoms with E-state index in [0.29, 0.717) is 41.3 Å². The monoisotopic (exact) mass is 679 g/mol. The fourth-order valence-electron chi connectivity index (χ4n) is 6.38. The van der Waals surface area contributed by atoms with E-state index in [1.165, 1.54) is 0 Å². The Morgan fingerprint density at radius 3 is 2.36 bits per heavy atom. The van der Waals surface area contributed by atoms with E-state index in [-0.39, 0.29) is 98.3 Å². The van der Waals surface area contributed by atoms with Crippen molar-refractivity contribution in [1.82, 2.24) is 4.98 Å². The first-order valence-corrected chi connectivity index (χ1v) is 14.8. The van der Waals surface area contributed by atoms with Crippen molar-refractivity contribution in [3.05, 3.63) is 91.5 Å². The number of esters is 1. The van der Waals surface area contributed by atoms with Crippen LogP contribution in [0.5, 0.6) is 0 Å². The summed E-state index contributed by atoms with van der Waals surface area (Å²) in [6, 6.07) is 0. The first-order valence-electron chi connectivity index (χ1n) is 14.8. The van der Waals surface area contributed by atoms with E-state index in [2.05, 4.69) is 20.4 Å². The topological polar surface area (TPSA) is 124 Å². The number of carbonyl (C=O) groups is 1. The summed E-state index contributed by atoms with van der Waals surface area (Å²) >= 11 is 0. The van der Waals surface area contributed by atoms with Gasteiger partial charge in [0.05, 0.1) is 29.4 Å². The molecule has 0 saturated carbocycles. The molecule has 45 heavy (non-hydrogen) atoms. The van der Waals surface area contributed by atoms with Gasteiger partial charge in [-0.3, -0.25) is 9.79 Å². The van der Waals surface area contributed by atoms with E-state index in [1.807, 2.05) is 45.1 Å². The summed E-state index contributed by atoms with van der Waals surface area (Å²) < 4.78 is 5.21. The standard InChI is InChI=1S/C35H39N4O4.Cu.K/c1-9-22-17(4)25-14-27-19(6)24(12-13-31(40)43-11-3)33(38-27)21(8)34-32(35(41)42)20(7)28(39-34)16-30-23(10-2)18(5)26(37-30)15-29(22)36-25;;/h9,14-16,19,24H,1,10-13H2,2-8H3,(H2-,36,37,38,39,41,42);;/q-1;+2;+1/p-2/t19-,24-;;/m0../s1. The van der Waals surface area contributed by atoms with Crippen LogP contribution < -0.4 is 77.3 Å². The zero-order valence-corrected chi connectivity index (χ0v) is 31.3. The molecule has 10 heteroatoms. The molecular weight excluding hydrogens is 643 g/mol. The first-order chi connectivity index (χ1) is 20.5. The zero-order valence-electron chi connectivity index (χ0n) is 27.2. The maximum absolute atomic E-state index is 12.5. The van der Waals surface area contributed by atoms with E-state index < -0.39 is 5.95 Å². The Balaban J connectivity index is 0.00000276. The van der Waals surface area contributed by atoms with Gasteiger partial charge in [0, 0.05) is 35.2 Å². The van der Waals surface area contributed by atoms with Gasteiger partial charge >= 0.3 is 74.4 Å². The van der Waals surface area contributed by atoms with Crippen LogP contribution in [0.15, 0.2) is 84.6 Å². The molecule has 4 aliphatic heterocycles. The predicted molar refractivity (Wildman–Crippen MR) is 166 cm³/mol. The van der Waals surface area contributed by atoms with Gasteiger partial charge in [-0.05, 0) is 75.8 Å². The number of carbonyl (C=O) groups excluding carboxylic acids is 1. The van der Waals surface area contributed by atoms with E-state index in [1.54, 1.807) is 13.8 Å². The van der Waals surface area contributed by atoms with Crippen molar-refractivity contribution < 1.29 is 88.2 Å². The van der Waals surface area contributed by atoms with Crippen molar-refractivity contribution in [1.29, 1.82) is 0 Å². The summed E-state index contributed by atoms with van der Waals surface area (Å²) in [6.45, 7) is 18.0. The van der Waals surface area contributed by atoms with E-state index in [0.717, 1.165) is 56.5 Å². The van der Waals surface area contributed by atoms with Crippen LogP contribution in [0.25, 0.3) is 12.2 Å². The molecule has 233 valence electrons. The van der Waals surface area contributed by atoms with Crippen molar-refractivity contribution in [3.8, 4) is 0 Å². The number of hydrogen-bond donors (Lipinski definition) is 0. The van der Waals surface area contributed by atoms with Crippen LogP contribution >= 0.6 is 0 Å². The van der Waals surface area contributed by atoms with Gasteiger partial charge in [0.1, 0.15) is 0 Å². The third kappa shape index (κ3) is 6.88. The molecule has 0 fully saturated rings. The second-order valence-electron chi connectivity index (χ2n) is 11.3.